The predicted octanol–water partition coefficient (Wildman–Crippen LogP) is 4.90. The van der Waals surface area contributed by atoms with Crippen molar-refractivity contribution in [2.45, 2.75) is 56.8 Å². The van der Waals surface area contributed by atoms with Gasteiger partial charge in [0.1, 0.15) is 11.5 Å². The summed E-state index contributed by atoms with van der Waals surface area (Å²) in [6.45, 7) is 3.87. The molecule has 3 fully saturated rings. The van der Waals surface area contributed by atoms with Crippen LogP contribution in [0.5, 0.6) is 0 Å². The maximum absolute atomic E-state index is 5.27. The first-order valence-corrected chi connectivity index (χ1v) is 12.9. The van der Waals surface area contributed by atoms with Crippen molar-refractivity contribution in [3.05, 3.63) is 42.0 Å². The average Bonchev–Trinajstić information content (AvgIpc) is 3.53. The summed E-state index contributed by atoms with van der Waals surface area (Å²) in [4.78, 5) is 25.7. The number of fused-ring (bicyclic) bond motifs is 2. The SMILES string of the molecule is c1cc(-c2nc(N3CCNCC3)c3c(C4CCC4)cncc3n2)c2cc(C3CCCC3)[nH]c2n1. The second-order valence-electron chi connectivity index (χ2n) is 10.2. The molecule has 1 saturated heterocycles. The minimum absolute atomic E-state index is 0.582. The number of nitrogens with one attached hydrogen (secondary N) is 2. The zero-order valence-corrected chi connectivity index (χ0v) is 19.6. The van der Waals surface area contributed by atoms with Crippen molar-refractivity contribution in [2.75, 3.05) is 31.1 Å². The van der Waals surface area contributed by atoms with Gasteiger partial charge in [-0.25, -0.2) is 15.0 Å². The Bertz CT molecular complexity index is 1340. The Kier molecular flexibility index (Phi) is 4.97. The lowest BCUT2D eigenvalue weighted by atomic mass is 9.79. The number of aromatic nitrogens is 5. The highest BCUT2D eigenvalue weighted by Gasteiger charge is 2.27. The number of H-pyrrole nitrogens is 1. The quantitative estimate of drug-likeness (QED) is 0.457. The molecule has 0 aromatic carbocycles. The molecule has 0 unspecified atom stereocenters. The van der Waals surface area contributed by atoms with Crippen LogP contribution in [0.1, 0.15) is 68.0 Å². The van der Waals surface area contributed by atoms with Crippen LogP contribution in [0, 0.1) is 0 Å². The molecular formula is C27H31N7. The standard InChI is InChI=1S/C27H31N7/c1-2-5-18(4-1)22-14-20-19(8-9-30-25(20)31-22)26-32-23-16-29-15-21(17-6-3-7-17)24(23)27(33-26)34-12-10-28-11-13-34/h8-9,14-18,28H,1-7,10-13H2,(H,30,31). The summed E-state index contributed by atoms with van der Waals surface area (Å²) < 4.78 is 0. The van der Waals surface area contributed by atoms with Crippen LogP contribution in [0.25, 0.3) is 33.3 Å². The van der Waals surface area contributed by atoms with Crippen LogP contribution in [-0.2, 0) is 0 Å². The summed E-state index contributed by atoms with van der Waals surface area (Å²) in [7, 11) is 0. The molecule has 4 aromatic rings. The first-order chi connectivity index (χ1) is 16.8. The van der Waals surface area contributed by atoms with E-state index in [-0.39, 0.29) is 0 Å². The third kappa shape index (κ3) is 3.36. The van der Waals surface area contributed by atoms with Crippen LogP contribution in [0.2, 0.25) is 0 Å². The van der Waals surface area contributed by atoms with Gasteiger partial charge in [-0.05, 0) is 55.2 Å². The summed E-state index contributed by atoms with van der Waals surface area (Å²) in [5, 5.41) is 5.81. The Hall–Kier alpha value is -3.06. The van der Waals surface area contributed by atoms with E-state index in [1.165, 1.54) is 61.6 Å². The van der Waals surface area contributed by atoms with Crippen molar-refractivity contribution in [1.29, 1.82) is 0 Å². The third-order valence-corrected chi connectivity index (χ3v) is 8.17. The van der Waals surface area contributed by atoms with Gasteiger partial charge in [0.15, 0.2) is 5.82 Å². The molecule has 2 aliphatic carbocycles. The Morgan fingerprint density at radius 2 is 1.74 bits per heavy atom. The minimum atomic E-state index is 0.582. The van der Waals surface area contributed by atoms with Crippen LogP contribution in [-0.4, -0.2) is 51.1 Å². The Balaban J connectivity index is 1.41. The van der Waals surface area contributed by atoms with Crippen LogP contribution in [0.4, 0.5) is 5.82 Å². The van der Waals surface area contributed by atoms with Crippen molar-refractivity contribution < 1.29 is 0 Å². The van der Waals surface area contributed by atoms with Gasteiger partial charge in [0.2, 0.25) is 0 Å². The average molecular weight is 454 g/mol. The maximum Gasteiger partial charge on any atom is 0.163 e. The summed E-state index contributed by atoms with van der Waals surface area (Å²) in [5.41, 5.74) is 5.59. The number of anilines is 1. The van der Waals surface area contributed by atoms with Gasteiger partial charge < -0.3 is 15.2 Å². The summed E-state index contributed by atoms with van der Waals surface area (Å²) >= 11 is 0. The van der Waals surface area contributed by atoms with Crippen molar-refractivity contribution >= 4 is 27.8 Å². The Morgan fingerprint density at radius 3 is 2.53 bits per heavy atom. The van der Waals surface area contributed by atoms with Gasteiger partial charge in [-0.1, -0.05) is 19.3 Å². The summed E-state index contributed by atoms with van der Waals surface area (Å²) in [6, 6.07) is 4.37. The highest BCUT2D eigenvalue weighted by atomic mass is 15.2. The monoisotopic (exact) mass is 453 g/mol. The second-order valence-corrected chi connectivity index (χ2v) is 10.2. The molecule has 5 heterocycles. The molecule has 0 amide bonds. The van der Waals surface area contributed by atoms with Crippen LogP contribution < -0.4 is 10.2 Å². The van der Waals surface area contributed by atoms with E-state index in [4.69, 9.17) is 9.97 Å². The normalized spacial score (nSPS) is 19.8. The largest absolute Gasteiger partial charge is 0.353 e. The van der Waals surface area contributed by atoms with E-state index < -0.39 is 0 Å². The lowest BCUT2D eigenvalue weighted by Gasteiger charge is -2.32. The first kappa shape index (κ1) is 20.3. The molecule has 1 aliphatic heterocycles. The molecule has 3 aliphatic rings. The molecule has 2 N–H and O–H groups in total. The van der Waals surface area contributed by atoms with E-state index in [1.54, 1.807) is 0 Å². The second kappa shape index (κ2) is 8.31. The minimum Gasteiger partial charge on any atom is -0.353 e. The van der Waals surface area contributed by atoms with E-state index in [9.17, 15) is 0 Å². The lowest BCUT2D eigenvalue weighted by molar-refractivity contribution is 0.421. The fourth-order valence-electron chi connectivity index (χ4n) is 6.04. The van der Waals surface area contributed by atoms with Crippen LogP contribution in [0.3, 0.4) is 0 Å². The van der Waals surface area contributed by atoms with Gasteiger partial charge in [0.05, 0.1) is 11.7 Å². The van der Waals surface area contributed by atoms with Gasteiger partial charge in [-0.3, -0.25) is 4.98 Å². The zero-order valence-electron chi connectivity index (χ0n) is 19.6. The molecule has 2 saturated carbocycles. The van der Waals surface area contributed by atoms with Gasteiger partial charge >= 0.3 is 0 Å². The number of pyridine rings is 2. The smallest absolute Gasteiger partial charge is 0.163 e. The van der Waals surface area contributed by atoms with Crippen molar-refractivity contribution in [1.82, 2.24) is 30.2 Å². The molecular weight excluding hydrogens is 422 g/mol. The molecule has 7 heteroatoms. The van der Waals surface area contributed by atoms with Crippen molar-refractivity contribution in [2.24, 2.45) is 0 Å². The van der Waals surface area contributed by atoms with Crippen LogP contribution in [0.15, 0.2) is 30.7 Å². The van der Waals surface area contributed by atoms with E-state index in [0.717, 1.165) is 59.9 Å². The van der Waals surface area contributed by atoms with Gasteiger partial charge in [-0.15, -0.1) is 0 Å². The Morgan fingerprint density at radius 1 is 0.912 bits per heavy atom. The van der Waals surface area contributed by atoms with E-state index in [1.807, 2.05) is 12.4 Å². The third-order valence-electron chi connectivity index (χ3n) is 8.17. The molecule has 4 aromatic heterocycles. The van der Waals surface area contributed by atoms with Crippen molar-refractivity contribution in [3.8, 4) is 11.4 Å². The number of hydrogen-bond acceptors (Lipinski definition) is 6. The highest BCUT2D eigenvalue weighted by Crippen LogP contribution is 2.42. The molecule has 174 valence electrons. The summed E-state index contributed by atoms with van der Waals surface area (Å²) in [6.07, 6.45) is 14.8. The topological polar surface area (TPSA) is 82.6 Å². The Labute approximate surface area is 199 Å². The molecule has 0 radical (unpaired) electrons. The number of aromatic amines is 1. The molecule has 7 rings (SSSR count). The number of nitrogens with zero attached hydrogens (tertiary/aromatic N) is 5. The molecule has 34 heavy (non-hydrogen) atoms. The zero-order chi connectivity index (χ0) is 22.5. The fraction of sp³-hybridized carbons (Fsp3) is 0.481. The van der Waals surface area contributed by atoms with E-state index in [2.05, 4.69) is 43.5 Å². The predicted molar refractivity (Wildman–Crippen MR) is 135 cm³/mol. The number of piperazine rings is 1. The van der Waals surface area contributed by atoms with E-state index >= 15 is 0 Å². The number of rotatable bonds is 4. The van der Waals surface area contributed by atoms with Crippen LogP contribution >= 0.6 is 0 Å². The van der Waals surface area contributed by atoms with Crippen molar-refractivity contribution in [3.63, 3.8) is 0 Å². The van der Waals surface area contributed by atoms with Gasteiger partial charge in [-0.2, -0.15) is 0 Å². The number of hydrogen-bond donors (Lipinski definition) is 2. The molecule has 0 spiro atoms. The van der Waals surface area contributed by atoms with E-state index in [0.29, 0.717) is 11.8 Å². The van der Waals surface area contributed by atoms with Gasteiger partial charge in [0.25, 0.3) is 0 Å². The summed E-state index contributed by atoms with van der Waals surface area (Å²) in [5.74, 6) is 3.05. The van der Waals surface area contributed by atoms with Gasteiger partial charge in [0, 0.05) is 60.6 Å². The lowest BCUT2D eigenvalue weighted by Crippen LogP contribution is -2.44. The first-order valence-electron chi connectivity index (χ1n) is 12.9. The maximum atomic E-state index is 5.27. The molecule has 0 atom stereocenters. The molecule has 7 nitrogen and oxygen atoms in total. The highest BCUT2D eigenvalue weighted by molar-refractivity contribution is 5.97. The fourth-order valence-corrected chi connectivity index (χ4v) is 6.04. The molecule has 0 bridgehead atoms.